The van der Waals surface area contributed by atoms with E-state index in [1.54, 1.807) is 30.0 Å². The molecule has 1 N–H and O–H groups in total. The van der Waals surface area contributed by atoms with Crippen LogP contribution in [-0.2, 0) is 19.6 Å². The van der Waals surface area contributed by atoms with Crippen molar-refractivity contribution in [3.63, 3.8) is 0 Å². The summed E-state index contributed by atoms with van der Waals surface area (Å²) in [5.41, 5.74) is 0. The van der Waals surface area contributed by atoms with Crippen molar-refractivity contribution in [2.75, 3.05) is 26.7 Å². The average molecular weight is 354 g/mol. The molecule has 0 aliphatic carbocycles. The van der Waals surface area contributed by atoms with Crippen LogP contribution in [0.2, 0.25) is 0 Å². The third-order valence-corrected chi connectivity index (χ3v) is 6.20. The third-order valence-electron chi connectivity index (χ3n) is 4.38. The number of benzene rings is 1. The summed E-state index contributed by atoms with van der Waals surface area (Å²) < 4.78 is 25.9. The molecule has 0 spiro atoms. The van der Waals surface area contributed by atoms with Gasteiger partial charge in [0, 0.05) is 20.1 Å². The van der Waals surface area contributed by atoms with Crippen LogP contribution < -0.4 is 0 Å². The van der Waals surface area contributed by atoms with Crippen molar-refractivity contribution in [2.45, 2.75) is 18.2 Å². The summed E-state index contributed by atoms with van der Waals surface area (Å²) >= 11 is 0. The maximum atomic E-state index is 12.4. The lowest BCUT2D eigenvalue weighted by Gasteiger charge is -2.35. The fourth-order valence-electron chi connectivity index (χ4n) is 2.89. The summed E-state index contributed by atoms with van der Waals surface area (Å²) in [7, 11) is -2.35. The predicted molar refractivity (Wildman–Crippen MR) is 87.7 cm³/mol. The number of carboxylic acids is 1. The predicted octanol–water partition coefficient (Wildman–Crippen LogP) is 0.876. The third kappa shape index (κ3) is 3.93. The van der Waals surface area contributed by atoms with Gasteiger partial charge in [-0.15, -0.1) is 0 Å². The van der Waals surface area contributed by atoms with Crippen LogP contribution in [0, 0.1) is 11.8 Å². The second-order valence-corrected chi connectivity index (χ2v) is 8.17. The molecule has 0 aromatic heterocycles. The van der Waals surface area contributed by atoms with Crippen molar-refractivity contribution >= 4 is 21.9 Å². The molecule has 0 saturated carbocycles. The van der Waals surface area contributed by atoms with Crippen LogP contribution >= 0.6 is 0 Å². The molecular formula is C16H22N2O5S. The molecule has 1 aliphatic heterocycles. The minimum Gasteiger partial charge on any atom is -0.481 e. The number of hydrogen-bond donors (Lipinski definition) is 1. The highest BCUT2D eigenvalue weighted by molar-refractivity contribution is 7.89. The molecule has 1 aromatic carbocycles. The number of aliphatic carboxylic acids is 1. The molecule has 0 radical (unpaired) electrons. The van der Waals surface area contributed by atoms with Crippen LogP contribution in [0.3, 0.4) is 0 Å². The van der Waals surface area contributed by atoms with E-state index in [1.807, 2.05) is 0 Å². The highest BCUT2D eigenvalue weighted by atomic mass is 32.2. The van der Waals surface area contributed by atoms with Gasteiger partial charge in [-0.25, -0.2) is 8.42 Å². The minimum absolute atomic E-state index is 0.137. The van der Waals surface area contributed by atoms with Gasteiger partial charge in [-0.3, -0.25) is 9.59 Å². The maximum absolute atomic E-state index is 12.4. The first-order valence-electron chi connectivity index (χ1n) is 7.75. The van der Waals surface area contributed by atoms with Crippen LogP contribution in [-0.4, -0.2) is 61.3 Å². The molecule has 1 heterocycles. The number of likely N-dealkylation sites (tertiary alicyclic amines) is 1. The fraction of sp³-hybridized carbons (Fsp3) is 0.500. The zero-order valence-corrected chi connectivity index (χ0v) is 14.6. The number of carbonyl (C=O) groups excluding carboxylic acids is 1. The second-order valence-electron chi connectivity index (χ2n) is 6.12. The van der Waals surface area contributed by atoms with Crippen molar-refractivity contribution in [2.24, 2.45) is 11.8 Å². The monoisotopic (exact) mass is 354 g/mol. The van der Waals surface area contributed by atoms with Crippen LogP contribution in [0.1, 0.15) is 13.3 Å². The van der Waals surface area contributed by atoms with Gasteiger partial charge >= 0.3 is 5.97 Å². The summed E-state index contributed by atoms with van der Waals surface area (Å²) in [6.07, 6.45) is 0.386. The lowest BCUT2D eigenvalue weighted by molar-refractivity contribution is -0.148. The molecule has 2 atom stereocenters. The van der Waals surface area contributed by atoms with Crippen LogP contribution in [0.5, 0.6) is 0 Å². The number of rotatable bonds is 5. The summed E-state index contributed by atoms with van der Waals surface area (Å²) in [6, 6.07) is 7.94. The van der Waals surface area contributed by atoms with Crippen molar-refractivity contribution in [1.29, 1.82) is 0 Å². The summed E-state index contributed by atoms with van der Waals surface area (Å²) in [4.78, 5) is 25.2. The highest BCUT2D eigenvalue weighted by Crippen LogP contribution is 2.24. The first-order chi connectivity index (χ1) is 11.2. The van der Waals surface area contributed by atoms with Gasteiger partial charge in [0.2, 0.25) is 15.9 Å². The molecule has 24 heavy (non-hydrogen) atoms. The van der Waals surface area contributed by atoms with E-state index in [2.05, 4.69) is 0 Å². The first kappa shape index (κ1) is 18.4. The molecule has 132 valence electrons. The van der Waals surface area contributed by atoms with E-state index >= 15 is 0 Å². The van der Waals surface area contributed by atoms with E-state index in [0.717, 1.165) is 4.31 Å². The molecule has 1 fully saturated rings. The van der Waals surface area contributed by atoms with Gasteiger partial charge in [-0.1, -0.05) is 25.1 Å². The maximum Gasteiger partial charge on any atom is 0.306 e. The normalized spacial score (nSPS) is 21.7. The smallest absolute Gasteiger partial charge is 0.306 e. The van der Waals surface area contributed by atoms with Crippen LogP contribution in [0.25, 0.3) is 0 Å². The Kier molecular flexibility index (Phi) is 5.61. The molecule has 1 aromatic rings. The standard InChI is InChI=1S/C16H22N2O5S/c1-12-10-18(9-8-14(12)16(20)21)15(19)11-17(2)24(22,23)13-6-4-3-5-7-13/h3-7,12,14H,8-11H2,1-2H3,(H,20,21). The number of likely N-dealkylation sites (N-methyl/N-ethyl adjacent to an activating group) is 1. The van der Waals surface area contributed by atoms with Gasteiger partial charge < -0.3 is 10.0 Å². The Bertz CT molecular complexity index is 704. The Morgan fingerprint density at radius 3 is 2.46 bits per heavy atom. The molecule has 1 amide bonds. The van der Waals surface area contributed by atoms with E-state index < -0.39 is 21.9 Å². The lowest BCUT2D eigenvalue weighted by atomic mass is 9.87. The number of carbonyl (C=O) groups is 2. The van der Waals surface area contributed by atoms with Gasteiger partial charge in [0.05, 0.1) is 17.4 Å². The Morgan fingerprint density at radius 2 is 1.92 bits per heavy atom. The molecule has 0 bridgehead atoms. The van der Waals surface area contributed by atoms with Gasteiger partial charge in [-0.2, -0.15) is 4.31 Å². The summed E-state index contributed by atoms with van der Waals surface area (Å²) in [5, 5.41) is 9.12. The van der Waals surface area contributed by atoms with E-state index in [1.165, 1.54) is 19.2 Å². The van der Waals surface area contributed by atoms with Crippen LogP contribution in [0.15, 0.2) is 35.2 Å². The summed E-state index contributed by atoms with van der Waals surface area (Å²) in [5.74, 6) is -1.78. The van der Waals surface area contributed by atoms with Crippen molar-refractivity contribution in [3.05, 3.63) is 30.3 Å². The van der Waals surface area contributed by atoms with Gasteiger partial charge in [0.15, 0.2) is 0 Å². The fourth-order valence-corrected chi connectivity index (χ4v) is 4.03. The Morgan fingerprint density at radius 1 is 1.29 bits per heavy atom. The Labute approximate surface area is 141 Å². The van der Waals surface area contributed by atoms with E-state index in [9.17, 15) is 18.0 Å². The highest BCUT2D eigenvalue weighted by Gasteiger charge is 2.34. The SMILES string of the molecule is CC1CN(C(=O)CN(C)S(=O)(=O)c2ccccc2)CCC1C(=O)O. The molecule has 2 unspecified atom stereocenters. The van der Waals surface area contributed by atoms with Gasteiger partial charge in [0.1, 0.15) is 0 Å². The average Bonchev–Trinajstić information content (AvgIpc) is 2.55. The molecule has 1 aliphatic rings. The molecule has 1 saturated heterocycles. The number of sulfonamides is 1. The topological polar surface area (TPSA) is 95.0 Å². The number of nitrogens with zero attached hydrogens (tertiary/aromatic N) is 2. The number of carboxylic acid groups (broad SMARTS) is 1. The Balaban J connectivity index is 2.01. The molecule has 2 rings (SSSR count). The summed E-state index contributed by atoms with van der Waals surface area (Å²) in [6.45, 7) is 2.19. The number of hydrogen-bond acceptors (Lipinski definition) is 4. The van der Waals surface area contributed by atoms with Crippen molar-refractivity contribution in [3.8, 4) is 0 Å². The first-order valence-corrected chi connectivity index (χ1v) is 9.19. The zero-order valence-electron chi connectivity index (χ0n) is 13.8. The second kappa shape index (κ2) is 7.31. The van der Waals surface area contributed by atoms with E-state index in [0.29, 0.717) is 19.5 Å². The Hall–Kier alpha value is -1.93. The van der Waals surface area contributed by atoms with Crippen LogP contribution in [0.4, 0.5) is 0 Å². The van der Waals surface area contributed by atoms with E-state index in [-0.39, 0.29) is 23.3 Å². The van der Waals surface area contributed by atoms with Gasteiger partial charge in [0.25, 0.3) is 0 Å². The van der Waals surface area contributed by atoms with E-state index in [4.69, 9.17) is 5.11 Å². The number of piperidine rings is 1. The van der Waals surface area contributed by atoms with Gasteiger partial charge in [-0.05, 0) is 24.5 Å². The zero-order chi connectivity index (χ0) is 17.9. The van der Waals surface area contributed by atoms with Crippen molar-refractivity contribution in [1.82, 2.24) is 9.21 Å². The number of amides is 1. The lowest BCUT2D eigenvalue weighted by Crippen LogP contribution is -2.48. The molecule has 8 heteroatoms. The largest absolute Gasteiger partial charge is 0.481 e. The van der Waals surface area contributed by atoms with Crippen molar-refractivity contribution < 1.29 is 23.1 Å². The molecule has 7 nitrogen and oxygen atoms in total. The molecular weight excluding hydrogens is 332 g/mol. The quantitative estimate of drug-likeness (QED) is 0.847. The minimum atomic E-state index is -3.72.